The number of benzene rings is 3. The minimum atomic E-state index is -3.65. The molecule has 0 fully saturated rings. The van der Waals surface area contributed by atoms with E-state index in [2.05, 4.69) is 17.0 Å². The average Bonchev–Trinajstić information content (AvgIpc) is 2.61. The van der Waals surface area contributed by atoms with Crippen molar-refractivity contribution < 1.29 is 8.42 Å². The van der Waals surface area contributed by atoms with Crippen LogP contribution in [0.4, 0.5) is 5.69 Å². The normalized spacial score (nSPS) is 17.2. The van der Waals surface area contributed by atoms with Crippen LogP contribution >= 0.6 is 0 Å². The summed E-state index contributed by atoms with van der Waals surface area (Å²) in [5.41, 5.74) is 3.05. The van der Waals surface area contributed by atoms with Crippen LogP contribution < -0.4 is 10.0 Å². The van der Waals surface area contributed by atoms with Crippen molar-refractivity contribution in [3.63, 3.8) is 0 Å². The highest BCUT2D eigenvalue weighted by Crippen LogP contribution is 2.29. The number of anilines is 1. The molecule has 0 aliphatic carbocycles. The SMILES string of the molecule is CC1CNCc2ccc(NS(=O)(=O)c3cccc4ccccc34)cc21. The molecule has 0 bridgehead atoms. The van der Waals surface area contributed by atoms with E-state index in [-0.39, 0.29) is 0 Å². The largest absolute Gasteiger partial charge is 0.312 e. The molecule has 1 aliphatic rings. The zero-order valence-electron chi connectivity index (χ0n) is 14.0. The Morgan fingerprint density at radius 2 is 1.84 bits per heavy atom. The van der Waals surface area contributed by atoms with Gasteiger partial charge in [0.25, 0.3) is 10.0 Å². The first kappa shape index (κ1) is 16.1. The zero-order valence-corrected chi connectivity index (χ0v) is 14.8. The van der Waals surface area contributed by atoms with Gasteiger partial charge in [0.1, 0.15) is 0 Å². The Hall–Kier alpha value is -2.37. The minimum Gasteiger partial charge on any atom is -0.312 e. The number of hydrogen-bond acceptors (Lipinski definition) is 3. The van der Waals surface area contributed by atoms with Gasteiger partial charge < -0.3 is 5.32 Å². The Bertz CT molecular complexity index is 1040. The monoisotopic (exact) mass is 352 g/mol. The van der Waals surface area contributed by atoms with Crippen LogP contribution in [-0.2, 0) is 16.6 Å². The lowest BCUT2D eigenvalue weighted by molar-refractivity contribution is 0.571. The van der Waals surface area contributed by atoms with Gasteiger partial charge in [-0.25, -0.2) is 8.42 Å². The first-order chi connectivity index (χ1) is 12.0. The first-order valence-electron chi connectivity index (χ1n) is 8.39. The van der Waals surface area contributed by atoms with E-state index in [4.69, 9.17) is 0 Å². The second kappa shape index (κ2) is 6.17. The summed E-state index contributed by atoms with van der Waals surface area (Å²) in [6.45, 7) is 3.89. The highest BCUT2D eigenvalue weighted by molar-refractivity contribution is 7.93. The van der Waals surface area contributed by atoms with E-state index in [1.807, 2.05) is 48.5 Å². The van der Waals surface area contributed by atoms with Crippen molar-refractivity contribution in [1.82, 2.24) is 5.32 Å². The summed E-state index contributed by atoms with van der Waals surface area (Å²) in [4.78, 5) is 0.304. The second-order valence-corrected chi connectivity index (χ2v) is 8.18. The van der Waals surface area contributed by atoms with Crippen molar-refractivity contribution in [2.75, 3.05) is 11.3 Å². The molecule has 2 N–H and O–H groups in total. The van der Waals surface area contributed by atoms with Crippen molar-refractivity contribution in [1.29, 1.82) is 0 Å². The Balaban J connectivity index is 1.73. The molecule has 5 heteroatoms. The van der Waals surface area contributed by atoms with Crippen molar-refractivity contribution in [2.24, 2.45) is 0 Å². The van der Waals surface area contributed by atoms with Gasteiger partial charge in [-0.3, -0.25) is 4.72 Å². The van der Waals surface area contributed by atoms with Crippen LogP contribution in [0, 0.1) is 0 Å². The van der Waals surface area contributed by atoms with E-state index in [1.165, 1.54) is 11.1 Å². The smallest absolute Gasteiger partial charge is 0.262 e. The molecule has 128 valence electrons. The minimum absolute atomic E-state index is 0.304. The van der Waals surface area contributed by atoms with E-state index in [0.29, 0.717) is 16.5 Å². The summed E-state index contributed by atoms with van der Waals surface area (Å²) in [5.74, 6) is 0.366. The fraction of sp³-hybridized carbons (Fsp3) is 0.200. The van der Waals surface area contributed by atoms with E-state index >= 15 is 0 Å². The van der Waals surface area contributed by atoms with Crippen molar-refractivity contribution >= 4 is 26.5 Å². The van der Waals surface area contributed by atoms with Gasteiger partial charge in [-0.1, -0.05) is 49.4 Å². The molecule has 1 unspecified atom stereocenters. The fourth-order valence-electron chi connectivity index (χ4n) is 3.45. The second-order valence-electron chi connectivity index (χ2n) is 6.53. The Morgan fingerprint density at radius 1 is 1.04 bits per heavy atom. The van der Waals surface area contributed by atoms with Gasteiger partial charge in [0.15, 0.2) is 0 Å². The third-order valence-corrected chi connectivity index (χ3v) is 6.17. The molecular weight excluding hydrogens is 332 g/mol. The van der Waals surface area contributed by atoms with E-state index in [0.717, 1.165) is 23.9 Å². The molecule has 25 heavy (non-hydrogen) atoms. The van der Waals surface area contributed by atoms with Gasteiger partial charge in [0, 0.05) is 24.2 Å². The molecule has 0 radical (unpaired) electrons. The van der Waals surface area contributed by atoms with Crippen molar-refractivity contribution in [3.05, 3.63) is 71.8 Å². The average molecular weight is 352 g/mol. The molecule has 3 aromatic rings. The Labute approximate surface area is 147 Å². The zero-order chi connectivity index (χ0) is 17.4. The van der Waals surface area contributed by atoms with Crippen LogP contribution in [0.5, 0.6) is 0 Å². The highest BCUT2D eigenvalue weighted by Gasteiger charge is 2.20. The number of rotatable bonds is 3. The predicted octanol–water partition coefficient (Wildman–Crippen LogP) is 3.85. The summed E-state index contributed by atoms with van der Waals surface area (Å²) >= 11 is 0. The molecule has 3 aromatic carbocycles. The van der Waals surface area contributed by atoms with Crippen molar-refractivity contribution in [3.8, 4) is 0 Å². The van der Waals surface area contributed by atoms with Crippen LogP contribution in [0.15, 0.2) is 65.6 Å². The van der Waals surface area contributed by atoms with Crippen molar-refractivity contribution in [2.45, 2.75) is 24.3 Å². The fourth-order valence-corrected chi connectivity index (χ4v) is 4.73. The van der Waals surface area contributed by atoms with Crippen LogP contribution in [0.1, 0.15) is 24.0 Å². The highest BCUT2D eigenvalue weighted by atomic mass is 32.2. The Morgan fingerprint density at radius 3 is 2.72 bits per heavy atom. The van der Waals surface area contributed by atoms with Crippen LogP contribution in [-0.4, -0.2) is 15.0 Å². The number of fused-ring (bicyclic) bond motifs is 2. The number of hydrogen-bond donors (Lipinski definition) is 2. The van der Waals surface area contributed by atoms with E-state index < -0.39 is 10.0 Å². The lowest BCUT2D eigenvalue weighted by Crippen LogP contribution is -2.26. The molecule has 0 aromatic heterocycles. The lowest BCUT2D eigenvalue weighted by Gasteiger charge is -2.24. The van der Waals surface area contributed by atoms with Gasteiger partial charge >= 0.3 is 0 Å². The lowest BCUT2D eigenvalue weighted by atomic mass is 9.92. The van der Waals surface area contributed by atoms with Gasteiger partial charge in [0.05, 0.1) is 4.90 Å². The molecule has 4 nitrogen and oxygen atoms in total. The van der Waals surface area contributed by atoms with Crippen LogP contribution in [0.2, 0.25) is 0 Å². The standard InChI is InChI=1S/C20H20N2O2S/c1-14-12-21-13-16-9-10-17(11-19(14)16)22-25(23,24)20-8-4-6-15-5-2-3-7-18(15)20/h2-11,14,21-22H,12-13H2,1H3. The maximum absolute atomic E-state index is 12.9. The molecule has 4 rings (SSSR count). The van der Waals surface area contributed by atoms with Gasteiger partial charge in [0.2, 0.25) is 0 Å². The maximum Gasteiger partial charge on any atom is 0.262 e. The summed E-state index contributed by atoms with van der Waals surface area (Å²) < 4.78 is 28.6. The molecule has 0 amide bonds. The third-order valence-electron chi connectivity index (χ3n) is 4.73. The third kappa shape index (κ3) is 3.01. The quantitative estimate of drug-likeness (QED) is 0.753. The van der Waals surface area contributed by atoms with Gasteiger partial charge in [-0.05, 0) is 40.6 Å². The molecule has 0 saturated heterocycles. The number of nitrogens with one attached hydrogen (secondary N) is 2. The van der Waals surface area contributed by atoms with Gasteiger partial charge in [-0.15, -0.1) is 0 Å². The Kier molecular flexibility index (Phi) is 3.98. The van der Waals surface area contributed by atoms with Crippen LogP contribution in [0.3, 0.4) is 0 Å². The summed E-state index contributed by atoms with van der Waals surface area (Å²) in [6, 6.07) is 18.7. The maximum atomic E-state index is 12.9. The van der Waals surface area contributed by atoms with E-state index in [9.17, 15) is 8.42 Å². The molecule has 1 aliphatic heterocycles. The number of sulfonamides is 1. The molecule has 0 saturated carbocycles. The molecular formula is C20H20N2O2S. The first-order valence-corrected chi connectivity index (χ1v) is 9.87. The van der Waals surface area contributed by atoms with Crippen LogP contribution in [0.25, 0.3) is 10.8 Å². The van der Waals surface area contributed by atoms with E-state index in [1.54, 1.807) is 12.1 Å². The summed E-state index contributed by atoms with van der Waals surface area (Å²) in [7, 11) is -3.65. The molecule has 1 heterocycles. The summed E-state index contributed by atoms with van der Waals surface area (Å²) in [5, 5.41) is 5.01. The van der Waals surface area contributed by atoms with Gasteiger partial charge in [-0.2, -0.15) is 0 Å². The molecule has 1 atom stereocenters. The summed E-state index contributed by atoms with van der Waals surface area (Å²) in [6.07, 6.45) is 0. The molecule has 0 spiro atoms. The topological polar surface area (TPSA) is 58.2 Å². The predicted molar refractivity (Wildman–Crippen MR) is 101 cm³/mol.